The van der Waals surface area contributed by atoms with Gasteiger partial charge in [-0.1, -0.05) is 30.3 Å². The zero-order chi connectivity index (χ0) is 14.4. The summed E-state index contributed by atoms with van der Waals surface area (Å²) < 4.78 is 37.0. The van der Waals surface area contributed by atoms with E-state index in [1.807, 2.05) is 0 Å². The van der Waals surface area contributed by atoms with E-state index in [-0.39, 0.29) is 11.6 Å². The summed E-state index contributed by atoms with van der Waals surface area (Å²) in [5.41, 5.74) is 0.794. The van der Waals surface area contributed by atoms with E-state index >= 15 is 0 Å². The van der Waals surface area contributed by atoms with Gasteiger partial charge in [0, 0.05) is 13.1 Å². The molecule has 5 heteroatoms. The number of rotatable bonds is 6. The Labute approximate surface area is 118 Å². The van der Waals surface area contributed by atoms with E-state index in [0.717, 1.165) is 5.56 Å². The average Bonchev–Trinajstić information content (AvgIpc) is 2.45. The van der Waals surface area contributed by atoms with E-state index in [1.54, 1.807) is 42.5 Å². The summed E-state index contributed by atoms with van der Waals surface area (Å²) in [6, 6.07) is 14.6. The minimum Gasteiger partial charge on any atom is -0.312 e. The molecule has 0 amide bonds. The van der Waals surface area contributed by atoms with Crippen LogP contribution in [0.3, 0.4) is 0 Å². The highest BCUT2D eigenvalue weighted by Gasteiger charge is 2.12. The molecule has 0 unspecified atom stereocenters. The van der Waals surface area contributed by atoms with E-state index in [2.05, 4.69) is 5.32 Å². The van der Waals surface area contributed by atoms with Gasteiger partial charge in [0.25, 0.3) is 0 Å². The topological polar surface area (TPSA) is 46.2 Å². The minimum absolute atomic E-state index is 0.0202. The zero-order valence-corrected chi connectivity index (χ0v) is 11.7. The van der Waals surface area contributed by atoms with Crippen LogP contribution in [0.1, 0.15) is 5.56 Å². The first-order chi connectivity index (χ1) is 9.58. The first-order valence-electron chi connectivity index (χ1n) is 6.31. The van der Waals surface area contributed by atoms with Crippen molar-refractivity contribution in [3.63, 3.8) is 0 Å². The van der Waals surface area contributed by atoms with Gasteiger partial charge in [-0.15, -0.1) is 0 Å². The third-order valence-electron chi connectivity index (χ3n) is 2.87. The summed E-state index contributed by atoms with van der Waals surface area (Å²) in [6.07, 6.45) is 0. The number of halogens is 1. The molecule has 0 saturated heterocycles. The highest BCUT2D eigenvalue weighted by Crippen LogP contribution is 2.09. The summed E-state index contributed by atoms with van der Waals surface area (Å²) >= 11 is 0. The molecule has 0 saturated carbocycles. The van der Waals surface area contributed by atoms with E-state index in [4.69, 9.17) is 0 Å². The largest absolute Gasteiger partial charge is 0.312 e. The van der Waals surface area contributed by atoms with Gasteiger partial charge in [0.05, 0.1) is 10.6 Å². The normalized spacial score (nSPS) is 11.4. The summed E-state index contributed by atoms with van der Waals surface area (Å²) in [6.45, 7) is 0.774. The van der Waals surface area contributed by atoms with Crippen molar-refractivity contribution >= 4 is 9.84 Å². The first-order valence-corrected chi connectivity index (χ1v) is 7.96. The standard InChI is InChI=1S/C15H16FNO2S/c16-14-6-4-5-13(11-14)12-17-9-10-20(18,19)15-7-2-1-3-8-15/h1-8,11,17H,9-10,12H2. The molecule has 0 aromatic heterocycles. The van der Waals surface area contributed by atoms with Gasteiger partial charge in [-0.2, -0.15) is 0 Å². The second-order valence-electron chi connectivity index (χ2n) is 4.44. The van der Waals surface area contributed by atoms with Crippen LogP contribution < -0.4 is 5.32 Å². The summed E-state index contributed by atoms with van der Waals surface area (Å²) in [7, 11) is -3.26. The zero-order valence-electron chi connectivity index (χ0n) is 10.9. The number of hydrogen-bond acceptors (Lipinski definition) is 3. The van der Waals surface area contributed by atoms with Crippen LogP contribution in [0.2, 0.25) is 0 Å². The predicted molar refractivity (Wildman–Crippen MR) is 76.6 cm³/mol. The van der Waals surface area contributed by atoms with Crippen LogP contribution in [0.5, 0.6) is 0 Å². The molecule has 2 aromatic carbocycles. The lowest BCUT2D eigenvalue weighted by molar-refractivity contribution is 0.590. The Morgan fingerprint density at radius 2 is 1.75 bits per heavy atom. The summed E-state index contributed by atoms with van der Waals surface area (Å²) in [5, 5.41) is 3.01. The Morgan fingerprint density at radius 3 is 2.45 bits per heavy atom. The third-order valence-corrected chi connectivity index (χ3v) is 4.60. The van der Waals surface area contributed by atoms with Crippen molar-refractivity contribution in [2.75, 3.05) is 12.3 Å². The summed E-state index contributed by atoms with van der Waals surface area (Å²) in [4.78, 5) is 0.326. The van der Waals surface area contributed by atoms with Gasteiger partial charge in [-0.3, -0.25) is 0 Å². The number of sulfone groups is 1. The van der Waals surface area contributed by atoms with Crippen LogP contribution in [0.4, 0.5) is 4.39 Å². The maximum absolute atomic E-state index is 13.0. The first kappa shape index (κ1) is 14.7. The van der Waals surface area contributed by atoms with Gasteiger partial charge in [0.15, 0.2) is 9.84 Å². The molecule has 0 aliphatic carbocycles. The van der Waals surface area contributed by atoms with Crippen molar-refractivity contribution in [3.05, 3.63) is 66.0 Å². The van der Waals surface area contributed by atoms with Crippen LogP contribution in [-0.2, 0) is 16.4 Å². The van der Waals surface area contributed by atoms with Crippen molar-refractivity contribution in [1.29, 1.82) is 0 Å². The van der Waals surface area contributed by atoms with Gasteiger partial charge in [-0.05, 0) is 29.8 Å². The fourth-order valence-corrected chi connectivity index (χ4v) is 3.05. The molecule has 3 nitrogen and oxygen atoms in total. The quantitative estimate of drug-likeness (QED) is 0.832. The highest BCUT2D eigenvalue weighted by atomic mass is 32.2. The maximum atomic E-state index is 13.0. The molecule has 0 bridgehead atoms. The Bertz CT molecular complexity index is 657. The molecule has 1 N–H and O–H groups in total. The number of nitrogens with one attached hydrogen (secondary N) is 1. The lowest BCUT2D eigenvalue weighted by Crippen LogP contribution is -2.22. The van der Waals surface area contributed by atoms with Gasteiger partial charge >= 0.3 is 0 Å². The molecule has 0 aliphatic rings. The predicted octanol–water partition coefficient (Wildman–Crippen LogP) is 2.39. The molecular formula is C15H16FNO2S. The second-order valence-corrected chi connectivity index (χ2v) is 6.55. The minimum atomic E-state index is -3.26. The molecule has 0 heterocycles. The van der Waals surface area contributed by atoms with Crippen molar-refractivity contribution in [2.45, 2.75) is 11.4 Å². The number of hydrogen-bond donors (Lipinski definition) is 1. The van der Waals surface area contributed by atoms with Crippen LogP contribution in [0, 0.1) is 5.82 Å². The van der Waals surface area contributed by atoms with E-state index in [0.29, 0.717) is 18.0 Å². The van der Waals surface area contributed by atoms with Gasteiger partial charge < -0.3 is 5.32 Å². The van der Waals surface area contributed by atoms with Crippen LogP contribution in [0.25, 0.3) is 0 Å². The SMILES string of the molecule is O=S(=O)(CCNCc1cccc(F)c1)c1ccccc1. The Hall–Kier alpha value is -1.72. The Balaban J connectivity index is 1.84. The average molecular weight is 293 g/mol. The third kappa shape index (κ3) is 4.15. The molecule has 2 rings (SSSR count). The smallest absolute Gasteiger partial charge is 0.179 e. The van der Waals surface area contributed by atoms with Crippen molar-refractivity contribution in [2.24, 2.45) is 0 Å². The van der Waals surface area contributed by atoms with E-state index < -0.39 is 9.84 Å². The van der Waals surface area contributed by atoms with E-state index in [9.17, 15) is 12.8 Å². The molecule has 0 atom stereocenters. The van der Waals surface area contributed by atoms with Crippen molar-refractivity contribution in [1.82, 2.24) is 5.32 Å². The maximum Gasteiger partial charge on any atom is 0.179 e. The Kier molecular flexibility index (Phi) is 4.87. The van der Waals surface area contributed by atoms with Gasteiger partial charge in [0.1, 0.15) is 5.82 Å². The summed E-state index contributed by atoms with van der Waals surface area (Å²) in [5.74, 6) is -0.270. The lowest BCUT2D eigenvalue weighted by Gasteiger charge is -2.06. The molecule has 20 heavy (non-hydrogen) atoms. The fraction of sp³-hybridized carbons (Fsp3) is 0.200. The Morgan fingerprint density at radius 1 is 1.00 bits per heavy atom. The fourth-order valence-electron chi connectivity index (χ4n) is 1.83. The van der Waals surface area contributed by atoms with Crippen LogP contribution in [0.15, 0.2) is 59.5 Å². The molecule has 0 spiro atoms. The lowest BCUT2D eigenvalue weighted by atomic mass is 10.2. The van der Waals surface area contributed by atoms with Gasteiger partial charge in [0.2, 0.25) is 0 Å². The van der Waals surface area contributed by atoms with Crippen LogP contribution >= 0.6 is 0 Å². The van der Waals surface area contributed by atoms with Gasteiger partial charge in [-0.25, -0.2) is 12.8 Å². The van der Waals surface area contributed by atoms with Crippen molar-refractivity contribution < 1.29 is 12.8 Å². The molecule has 0 radical (unpaired) electrons. The highest BCUT2D eigenvalue weighted by molar-refractivity contribution is 7.91. The monoisotopic (exact) mass is 293 g/mol. The van der Waals surface area contributed by atoms with Crippen LogP contribution in [-0.4, -0.2) is 20.7 Å². The molecular weight excluding hydrogens is 277 g/mol. The molecule has 2 aromatic rings. The second kappa shape index (κ2) is 6.63. The van der Waals surface area contributed by atoms with E-state index in [1.165, 1.54) is 12.1 Å². The molecule has 0 fully saturated rings. The molecule has 106 valence electrons. The molecule has 0 aliphatic heterocycles. The number of benzene rings is 2. The van der Waals surface area contributed by atoms with Crippen molar-refractivity contribution in [3.8, 4) is 0 Å².